The van der Waals surface area contributed by atoms with Crippen molar-refractivity contribution in [1.82, 2.24) is 4.90 Å². The van der Waals surface area contributed by atoms with Crippen molar-refractivity contribution in [3.8, 4) is 0 Å². The van der Waals surface area contributed by atoms with Crippen LogP contribution in [0, 0.1) is 0 Å². The number of aromatic carboxylic acids is 1. The molecule has 0 saturated carbocycles. The van der Waals surface area contributed by atoms with Crippen molar-refractivity contribution in [1.29, 1.82) is 0 Å². The summed E-state index contributed by atoms with van der Waals surface area (Å²) in [5.74, 6) is -0.935. The molecule has 2 saturated heterocycles. The highest BCUT2D eigenvalue weighted by molar-refractivity contribution is 6.62. The molecule has 0 aromatic heterocycles. The lowest BCUT2D eigenvalue weighted by Gasteiger charge is -2.32. The minimum atomic E-state index is -0.935. The summed E-state index contributed by atoms with van der Waals surface area (Å²) in [7, 11) is -0.446. The minimum absolute atomic E-state index is 0.260. The molecule has 0 aliphatic carbocycles. The van der Waals surface area contributed by atoms with Crippen LogP contribution in [0.15, 0.2) is 24.3 Å². The lowest BCUT2D eigenvalue weighted by molar-refractivity contribution is 0.00578. The molecule has 0 bridgehead atoms. The molecule has 0 spiro atoms. The Balaban J connectivity index is 0.000000254. The van der Waals surface area contributed by atoms with Crippen molar-refractivity contribution < 1.29 is 19.2 Å². The van der Waals surface area contributed by atoms with E-state index in [9.17, 15) is 4.79 Å². The lowest BCUT2D eigenvalue weighted by atomic mass is 9.79. The van der Waals surface area contributed by atoms with Gasteiger partial charge >= 0.3 is 13.1 Å². The van der Waals surface area contributed by atoms with Gasteiger partial charge in [-0.25, -0.2) is 4.79 Å². The summed E-state index contributed by atoms with van der Waals surface area (Å²) in [5, 5.41) is 8.84. The monoisotopic (exact) mass is 362 g/mol. The summed E-state index contributed by atoms with van der Waals surface area (Å²) in [4.78, 5) is 13.2. The van der Waals surface area contributed by atoms with Gasteiger partial charge in [-0.3, -0.25) is 0 Å². The zero-order valence-electron chi connectivity index (χ0n) is 16.3. The fraction of sp³-hybridized carbons (Fsp3) is 0.632. The van der Waals surface area contributed by atoms with E-state index in [1.165, 1.54) is 25.9 Å². The Morgan fingerprint density at radius 2 is 1.62 bits per heavy atom. The van der Waals surface area contributed by atoms with Crippen molar-refractivity contribution in [2.75, 3.05) is 26.2 Å². The Hall–Kier alpha value is -1.41. The maximum absolute atomic E-state index is 10.8. The molecule has 7 heteroatoms. The second-order valence-corrected chi connectivity index (χ2v) is 7.85. The van der Waals surface area contributed by atoms with E-state index in [1.807, 2.05) is 27.7 Å². The van der Waals surface area contributed by atoms with Crippen molar-refractivity contribution in [3.05, 3.63) is 29.8 Å². The van der Waals surface area contributed by atoms with E-state index in [0.29, 0.717) is 0 Å². The van der Waals surface area contributed by atoms with Crippen LogP contribution in [0.5, 0.6) is 0 Å². The topological polar surface area (TPSA) is 85.0 Å². The zero-order chi connectivity index (χ0) is 19.4. The van der Waals surface area contributed by atoms with Gasteiger partial charge in [0.2, 0.25) is 0 Å². The number of carboxylic acids is 1. The van der Waals surface area contributed by atoms with Gasteiger partial charge < -0.3 is 25.0 Å². The summed E-state index contributed by atoms with van der Waals surface area (Å²) < 4.78 is 11.8. The van der Waals surface area contributed by atoms with Crippen LogP contribution in [0.2, 0.25) is 0 Å². The predicted molar refractivity (Wildman–Crippen MR) is 104 cm³/mol. The van der Waals surface area contributed by atoms with Crippen molar-refractivity contribution >= 4 is 18.6 Å². The molecule has 0 atom stereocenters. The van der Waals surface area contributed by atoms with Crippen LogP contribution >= 0.6 is 0 Å². The van der Waals surface area contributed by atoms with Gasteiger partial charge in [0.25, 0.3) is 0 Å². The first kappa shape index (κ1) is 20.9. The third-order valence-electron chi connectivity index (χ3n) is 5.33. The third kappa shape index (κ3) is 5.07. The summed E-state index contributed by atoms with van der Waals surface area (Å²) >= 11 is 0. The average Bonchev–Trinajstić information content (AvgIpc) is 3.15. The summed E-state index contributed by atoms with van der Waals surface area (Å²) in [6.07, 6.45) is 2.75. The fourth-order valence-electron chi connectivity index (χ4n) is 2.95. The number of nitrogens with zero attached hydrogens (tertiary/aromatic N) is 1. The largest absolute Gasteiger partial charge is 0.494 e. The van der Waals surface area contributed by atoms with Crippen molar-refractivity contribution in [2.45, 2.75) is 51.7 Å². The Morgan fingerprint density at radius 3 is 2.04 bits per heavy atom. The van der Waals surface area contributed by atoms with Crippen molar-refractivity contribution in [2.24, 2.45) is 5.73 Å². The van der Waals surface area contributed by atoms with Gasteiger partial charge in [-0.05, 0) is 71.2 Å². The number of hydrogen-bond donors (Lipinski definition) is 2. The first-order chi connectivity index (χ1) is 12.2. The van der Waals surface area contributed by atoms with E-state index in [4.69, 9.17) is 20.1 Å². The van der Waals surface area contributed by atoms with E-state index in [1.54, 1.807) is 24.3 Å². The second-order valence-electron chi connectivity index (χ2n) is 7.85. The van der Waals surface area contributed by atoms with Crippen LogP contribution in [0.4, 0.5) is 0 Å². The first-order valence-electron chi connectivity index (χ1n) is 9.27. The molecule has 2 aliphatic rings. The molecule has 1 aromatic rings. The fourth-order valence-corrected chi connectivity index (χ4v) is 2.95. The summed E-state index contributed by atoms with van der Waals surface area (Å²) in [6, 6.07) is 6.57. The molecule has 144 valence electrons. The number of carbonyl (C=O) groups is 1. The van der Waals surface area contributed by atoms with Gasteiger partial charge in [0.05, 0.1) is 16.8 Å². The Morgan fingerprint density at radius 1 is 1.12 bits per heavy atom. The highest BCUT2D eigenvalue weighted by atomic mass is 16.7. The predicted octanol–water partition coefficient (Wildman–Crippen LogP) is 1.72. The second kappa shape index (κ2) is 8.52. The Bertz CT molecular complexity index is 582. The van der Waals surface area contributed by atoms with Gasteiger partial charge in [0, 0.05) is 13.1 Å². The van der Waals surface area contributed by atoms with Crippen LogP contribution < -0.4 is 11.2 Å². The molecule has 3 rings (SSSR count). The van der Waals surface area contributed by atoms with Crippen LogP contribution in [0.3, 0.4) is 0 Å². The number of nitrogens with two attached hydrogens (primary N) is 1. The Kier molecular flexibility index (Phi) is 6.85. The summed E-state index contributed by atoms with van der Waals surface area (Å²) in [5.41, 5.74) is 5.69. The smallest absolute Gasteiger partial charge is 0.478 e. The van der Waals surface area contributed by atoms with E-state index in [-0.39, 0.29) is 16.8 Å². The first-order valence-corrected chi connectivity index (χ1v) is 9.27. The quantitative estimate of drug-likeness (QED) is 0.794. The maximum Gasteiger partial charge on any atom is 0.494 e. The number of rotatable bonds is 4. The van der Waals surface area contributed by atoms with Crippen LogP contribution in [0.25, 0.3) is 0 Å². The van der Waals surface area contributed by atoms with Gasteiger partial charge in [-0.1, -0.05) is 12.1 Å². The molecule has 0 unspecified atom stereocenters. The normalized spacial score (nSPS) is 21.3. The van der Waals surface area contributed by atoms with E-state index in [0.717, 1.165) is 18.6 Å². The number of benzene rings is 1. The van der Waals surface area contributed by atoms with Crippen LogP contribution in [-0.4, -0.2) is 60.5 Å². The van der Waals surface area contributed by atoms with Gasteiger partial charge in [0.1, 0.15) is 0 Å². The molecule has 6 nitrogen and oxygen atoms in total. The number of likely N-dealkylation sites (tertiary alicyclic amines) is 1. The molecule has 26 heavy (non-hydrogen) atoms. The maximum atomic E-state index is 10.8. The number of carboxylic acid groups (broad SMARTS) is 1. The summed E-state index contributed by atoms with van der Waals surface area (Å²) in [6.45, 7) is 12.4. The molecule has 2 fully saturated rings. The molecule has 2 aliphatic heterocycles. The van der Waals surface area contributed by atoms with Gasteiger partial charge in [0.15, 0.2) is 0 Å². The van der Waals surface area contributed by atoms with Crippen LogP contribution in [-0.2, 0) is 9.31 Å². The molecular weight excluding hydrogens is 331 g/mol. The third-order valence-corrected chi connectivity index (χ3v) is 5.33. The minimum Gasteiger partial charge on any atom is -0.478 e. The van der Waals surface area contributed by atoms with Gasteiger partial charge in [-0.2, -0.15) is 0 Å². The molecule has 0 radical (unpaired) electrons. The molecule has 0 amide bonds. The molecule has 3 N–H and O–H groups in total. The van der Waals surface area contributed by atoms with E-state index >= 15 is 0 Å². The Labute approximate surface area is 156 Å². The molecule has 2 heterocycles. The SMILES string of the molecule is CC1(C)OB(c2ccc(C(=O)O)cc2)OC1(C)C.NCCN1CCCC1. The van der Waals surface area contributed by atoms with Crippen molar-refractivity contribution in [3.63, 3.8) is 0 Å². The molecule has 1 aromatic carbocycles. The lowest BCUT2D eigenvalue weighted by Crippen LogP contribution is -2.41. The van der Waals surface area contributed by atoms with Gasteiger partial charge in [-0.15, -0.1) is 0 Å². The average molecular weight is 362 g/mol. The molecular formula is C19H31BN2O4. The van der Waals surface area contributed by atoms with Crippen LogP contribution in [0.1, 0.15) is 50.9 Å². The zero-order valence-corrected chi connectivity index (χ0v) is 16.3. The van der Waals surface area contributed by atoms with E-state index in [2.05, 4.69) is 4.90 Å². The standard InChI is InChI=1S/C13H17BO4.C6H14N2/c1-12(2)13(3,4)18-14(17-12)10-7-5-9(6-8-10)11(15)16;7-3-6-8-4-1-2-5-8/h5-8H,1-4H3,(H,15,16);1-7H2. The van der Waals surface area contributed by atoms with E-state index < -0.39 is 13.1 Å². The number of hydrogen-bond acceptors (Lipinski definition) is 5. The highest BCUT2D eigenvalue weighted by Crippen LogP contribution is 2.36. The highest BCUT2D eigenvalue weighted by Gasteiger charge is 2.51.